The van der Waals surface area contributed by atoms with Crippen molar-refractivity contribution in [2.24, 2.45) is 0 Å². The number of nitrogens with zero attached hydrogens (tertiary/aromatic N) is 4. The SMILES string of the molecule is CCCSCc1nnc2sc(-c3cccs3)nn12. The normalized spacial score (nSPS) is 11.4. The molecule has 3 rings (SSSR count). The second-order valence-electron chi connectivity index (χ2n) is 3.75. The van der Waals surface area contributed by atoms with Crippen LogP contribution in [0, 0.1) is 0 Å². The van der Waals surface area contributed by atoms with Gasteiger partial charge in [0.2, 0.25) is 4.96 Å². The fraction of sp³-hybridized carbons (Fsp3) is 0.364. The summed E-state index contributed by atoms with van der Waals surface area (Å²) in [7, 11) is 0. The third kappa shape index (κ3) is 2.30. The summed E-state index contributed by atoms with van der Waals surface area (Å²) in [6, 6.07) is 4.13. The molecule has 0 bridgehead atoms. The largest absolute Gasteiger partial charge is 0.235 e. The van der Waals surface area contributed by atoms with E-state index in [0.717, 1.165) is 27.3 Å². The van der Waals surface area contributed by atoms with Gasteiger partial charge in [-0.25, -0.2) is 0 Å². The number of thiophene rings is 1. The van der Waals surface area contributed by atoms with Crippen LogP contribution in [0.4, 0.5) is 0 Å². The Bertz CT molecular complexity index is 626. The molecule has 0 atom stereocenters. The van der Waals surface area contributed by atoms with Crippen LogP contribution in [0.1, 0.15) is 19.2 Å². The van der Waals surface area contributed by atoms with Crippen LogP contribution in [0.3, 0.4) is 0 Å². The number of rotatable bonds is 5. The van der Waals surface area contributed by atoms with E-state index in [4.69, 9.17) is 0 Å². The summed E-state index contributed by atoms with van der Waals surface area (Å²) in [5, 5.41) is 16.1. The number of hydrogen-bond acceptors (Lipinski definition) is 6. The van der Waals surface area contributed by atoms with E-state index >= 15 is 0 Å². The first-order valence-corrected chi connectivity index (χ1v) is 8.56. The Hall–Kier alpha value is -0.920. The summed E-state index contributed by atoms with van der Waals surface area (Å²) >= 11 is 5.17. The lowest BCUT2D eigenvalue weighted by atomic mass is 10.5. The molecule has 3 aromatic heterocycles. The zero-order valence-corrected chi connectivity index (χ0v) is 12.3. The number of aromatic nitrogens is 4. The summed E-state index contributed by atoms with van der Waals surface area (Å²) < 4.78 is 1.88. The van der Waals surface area contributed by atoms with Gasteiger partial charge < -0.3 is 0 Å². The lowest BCUT2D eigenvalue weighted by Crippen LogP contribution is -1.94. The van der Waals surface area contributed by atoms with Crippen molar-refractivity contribution in [1.82, 2.24) is 19.8 Å². The molecular weight excluding hydrogens is 284 g/mol. The molecule has 4 nitrogen and oxygen atoms in total. The molecule has 0 saturated heterocycles. The maximum absolute atomic E-state index is 4.60. The molecular formula is C11H12N4S3. The van der Waals surface area contributed by atoms with Gasteiger partial charge in [-0.3, -0.25) is 0 Å². The van der Waals surface area contributed by atoms with E-state index in [1.54, 1.807) is 22.7 Å². The minimum absolute atomic E-state index is 0.878. The van der Waals surface area contributed by atoms with Gasteiger partial charge in [-0.15, -0.1) is 21.5 Å². The summed E-state index contributed by atoms with van der Waals surface area (Å²) in [5.41, 5.74) is 0. The van der Waals surface area contributed by atoms with Crippen LogP contribution < -0.4 is 0 Å². The quantitative estimate of drug-likeness (QED) is 0.675. The van der Waals surface area contributed by atoms with Crippen LogP contribution in [0.15, 0.2) is 17.5 Å². The minimum atomic E-state index is 0.878. The molecule has 0 spiro atoms. The fourth-order valence-electron chi connectivity index (χ4n) is 1.56. The highest BCUT2D eigenvalue weighted by Gasteiger charge is 2.13. The molecule has 18 heavy (non-hydrogen) atoms. The van der Waals surface area contributed by atoms with Crippen LogP contribution in [-0.4, -0.2) is 25.6 Å². The number of fused-ring (bicyclic) bond motifs is 1. The van der Waals surface area contributed by atoms with Crippen molar-refractivity contribution in [3.05, 3.63) is 23.3 Å². The number of hydrogen-bond donors (Lipinski definition) is 0. The molecule has 0 aliphatic heterocycles. The molecule has 0 unspecified atom stereocenters. The Morgan fingerprint density at radius 1 is 1.39 bits per heavy atom. The van der Waals surface area contributed by atoms with Crippen molar-refractivity contribution in [2.45, 2.75) is 19.1 Å². The van der Waals surface area contributed by atoms with Gasteiger partial charge in [0, 0.05) is 0 Å². The van der Waals surface area contributed by atoms with Gasteiger partial charge in [0.05, 0.1) is 10.6 Å². The highest BCUT2D eigenvalue weighted by atomic mass is 32.2. The van der Waals surface area contributed by atoms with Crippen molar-refractivity contribution in [3.63, 3.8) is 0 Å². The van der Waals surface area contributed by atoms with Gasteiger partial charge in [-0.1, -0.05) is 24.3 Å². The first kappa shape index (κ1) is 12.1. The highest BCUT2D eigenvalue weighted by Crippen LogP contribution is 2.29. The van der Waals surface area contributed by atoms with Crippen LogP contribution in [0.25, 0.3) is 14.8 Å². The van der Waals surface area contributed by atoms with E-state index in [2.05, 4.69) is 33.7 Å². The van der Waals surface area contributed by atoms with Crippen molar-refractivity contribution in [2.75, 3.05) is 5.75 Å². The highest BCUT2D eigenvalue weighted by molar-refractivity contribution is 7.98. The molecule has 3 heterocycles. The second kappa shape index (κ2) is 5.38. The summed E-state index contributed by atoms with van der Waals surface area (Å²) in [6.07, 6.45) is 1.18. The van der Waals surface area contributed by atoms with Crippen LogP contribution in [0.2, 0.25) is 0 Å². The molecule has 0 saturated carbocycles. The monoisotopic (exact) mass is 296 g/mol. The zero-order chi connectivity index (χ0) is 12.4. The summed E-state index contributed by atoms with van der Waals surface area (Å²) in [6.45, 7) is 2.18. The Kier molecular flexibility index (Phi) is 3.62. The van der Waals surface area contributed by atoms with E-state index in [-0.39, 0.29) is 0 Å². The third-order valence-corrected chi connectivity index (χ3v) is 5.46. The standard InChI is InChI=1S/C11H12N4S3/c1-2-5-16-7-9-12-13-11-15(9)14-10(18-11)8-4-3-6-17-8/h3-4,6H,2,5,7H2,1H3. The second-order valence-corrected chi connectivity index (χ2v) is 6.76. The number of thioether (sulfide) groups is 1. The van der Waals surface area contributed by atoms with Crippen molar-refractivity contribution < 1.29 is 0 Å². The lowest BCUT2D eigenvalue weighted by molar-refractivity contribution is 0.887. The molecule has 7 heteroatoms. The minimum Gasteiger partial charge on any atom is -0.186 e. The molecule has 0 aromatic carbocycles. The lowest BCUT2D eigenvalue weighted by Gasteiger charge is -1.95. The topological polar surface area (TPSA) is 43.1 Å². The molecule has 0 aliphatic rings. The molecule has 0 N–H and O–H groups in total. The molecule has 0 aliphatic carbocycles. The van der Waals surface area contributed by atoms with Crippen LogP contribution >= 0.6 is 34.4 Å². The molecule has 0 radical (unpaired) electrons. The Labute approximate surface area is 117 Å². The summed E-state index contributed by atoms with van der Waals surface area (Å²) in [5.74, 6) is 2.97. The Morgan fingerprint density at radius 2 is 2.33 bits per heavy atom. The molecule has 94 valence electrons. The molecule has 0 fully saturated rings. The first-order valence-electron chi connectivity index (χ1n) is 5.71. The van der Waals surface area contributed by atoms with E-state index in [1.807, 2.05) is 22.3 Å². The smallest absolute Gasteiger partial charge is 0.186 e. The predicted molar refractivity (Wildman–Crippen MR) is 78.4 cm³/mol. The van der Waals surface area contributed by atoms with Gasteiger partial charge in [-0.2, -0.15) is 21.4 Å². The van der Waals surface area contributed by atoms with Gasteiger partial charge in [0.1, 0.15) is 0 Å². The Morgan fingerprint density at radius 3 is 3.11 bits per heavy atom. The third-order valence-electron chi connectivity index (χ3n) is 2.37. The first-order chi connectivity index (χ1) is 8.88. The van der Waals surface area contributed by atoms with E-state index in [1.165, 1.54) is 11.3 Å². The molecule has 0 amide bonds. The summed E-state index contributed by atoms with van der Waals surface area (Å²) in [4.78, 5) is 2.07. The predicted octanol–water partition coefficient (Wildman–Crippen LogP) is 3.56. The average Bonchev–Trinajstić information content (AvgIpc) is 3.05. The van der Waals surface area contributed by atoms with Crippen molar-refractivity contribution in [1.29, 1.82) is 0 Å². The van der Waals surface area contributed by atoms with Gasteiger partial charge in [-0.05, 0) is 23.6 Å². The van der Waals surface area contributed by atoms with Crippen molar-refractivity contribution in [3.8, 4) is 9.88 Å². The van der Waals surface area contributed by atoms with E-state index in [0.29, 0.717) is 0 Å². The van der Waals surface area contributed by atoms with Crippen LogP contribution in [-0.2, 0) is 5.75 Å². The average molecular weight is 296 g/mol. The van der Waals surface area contributed by atoms with E-state index < -0.39 is 0 Å². The zero-order valence-electron chi connectivity index (χ0n) is 9.87. The van der Waals surface area contributed by atoms with Gasteiger partial charge in [0.15, 0.2) is 10.8 Å². The molecule has 3 aromatic rings. The van der Waals surface area contributed by atoms with E-state index in [9.17, 15) is 0 Å². The maximum atomic E-state index is 4.60. The van der Waals surface area contributed by atoms with Gasteiger partial charge in [0.25, 0.3) is 0 Å². The maximum Gasteiger partial charge on any atom is 0.235 e. The van der Waals surface area contributed by atoms with Crippen molar-refractivity contribution >= 4 is 39.4 Å². The van der Waals surface area contributed by atoms with Gasteiger partial charge >= 0.3 is 0 Å². The fourth-order valence-corrected chi connectivity index (χ4v) is 4.00. The Balaban J connectivity index is 1.88. The van der Waals surface area contributed by atoms with Crippen LogP contribution in [0.5, 0.6) is 0 Å².